The van der Waals surface area contributed by atoms with Gasteiger partial charge in [0.1, 0.15) is 5.60 Å². The number of piperidine rings is 1. The highest BCUT2D eigenvalue weighted by atomic mass is 16.6. The second-order valence-corrected chi connectivity index (χ2v) is 6.70. The number of hydrogen-bond acceptors (Lipinski definition) is 4. The minimum atomic E-state index is -0.447. The van der Waals surface area contributed by atoms with Gasteiger partial charge in [0.15, 0.2) is 0 Å². The number of nitrogens with zero attached hydrogens (tertiary/aromatic N) is 2. The molecule has 0 aromatic carbocycles. The minimum absolute atomic E-state index is 0.0284. The average molecular weight is 306 g/mol. The molecule has 0 N–H and O–H groups in total. The zero-order valence-electron chi connectivity index (χ0n) is 13.9. The Kier molecular flexibility index (Phi) is 5.40. The van der Waals surface area contributed by atoms with Crippen LogP contribution in [0.2, 0.25) is 0 Å². The maximum atomic E-state index is 12.0. The van der Waals surface area contributed by atoms with Crippen molar-refractivity contribution in [2.24, 2.45) is 0 Å². The smallest absolute Gasteiger partial charge is 0.410 e. The largest absolute Gasteiger partial charge is 0.444 e. The van der Waals surface area contributed by atoms with E-state index in [-0.39, 0.29) is 18.3 Å². The fourth-order valence-corrected chi connectivity index (χ4v) is 2.48. The molecule has 1 fully saturated rings. The number of amides is 1. The van der Waals surface area contributed by atoms with Crippen LogP contribution in [0.5, 0.6) is 0 Å². The normalized spacial score (nSPS) is 18.1. The highest BCUT2D eigenvalue weighted by molar-refractivity contribution is 5.68. The lowest BCUT2D eigenvalue weighted by atomic mass is 10.1. The summed E-state index contributed by atoms with van der Waals surface area (Å²) in [6.07, 6.45) is 3.34. The van der Waals surface area contributed by atoms with Crippen molar-refractivity contribution in [2.45, 2.75) is 58.3 Å². The minimum Gasteiger partial charge on any atom is -0.444 e. The van der Waals surface area contributed by atoms with Crippen LogP contribution in [0.4, 0.5) is 4.79 Å². The van der Waals surface area contributed by atoms with Gasteiger partial charge in [-0.25, -0.2) is 4.79 Å². The van der Waals surface area contributed by atoms with Crippen molar-refractivity contribution in [2.75, 3.05) is 13.1 Å². The number of ether oxygens (including phenoxy) is 2. The van der Waals surface area contributed by atoms with E-state index in [0.29, 0.717) is 13.1 Å². The van der Waals surface area contributed by atoms with Crippen LogP contribution in [0.25, 0.3) is 0 Å². The molecule has 5 nitrogen and oxygen atoms in total. The predicted octanol–water partition coefficient (Wildman–Crippen LogP) is 3.56. The maximum absolute atomic E-state index is 12.0. The summed E-state index contributed by atoms with van der Waals surface area (Å²) in [7, 11) is 0. The van der Waals surface area contributed by atoms with Crippen LogP contribution in [0, 0.1) is 0 Å². The van der Waals surface area contributed by atoms with Crippen molar-refractivity contribution < 1.29 is 14.3 Å². The zero-order chi connectivity index (χ0) is 16.2. The molecule has 122 valence electrons. The quantitative estimate of drug-likeness (QED) is 0.857. The number of carbonyl (C=O) groups is 1. The molecule has 0 unspecified atom stereocenters. The Morgan fingerprint density at radius 1 is 1.32 bits per heavy atom. The number of rotatable bonds is 3. The number of aromatic nitrogens is 1. The van der Waals surface area contributed by atoms with E-state index in [4.69, 9.17) is 9.47 Å². The van der Waals surface area contributed by atoms with Crippen molar-refractivity contribution in [3.05, 3.63) is 30.1 Å². The van der Waals surface area contributed by atoms with Crippen molar-refractivity contribution in [1.29, 1.82) is 0 Å². The van der Waals surface area contributed by atoms with Gasteiger partial charge < -0.3 is 14.4 Å². The summed E-state index contributed by atoms with van der Waals surface area (Å²) in [5.41, 5.74) is 0.495. The first-order valence-electron chi connectivity index (χ1n) is 7.89. The van der Waals surface area contributed by atoms with Crippen molar-refractivity contribution in [3.8, 4) is 0 Å². The summed E-state index contributed by atoms with van der Waals surface area (Å²) >= 11 is 0. The van der Waals surface area contributed by atoms with E-state index in [9.17, 15) is 4.79 Å². The highest BCUT2D eigenvalue weighted by Gasteiger charge is 2.28. The molecule has 0 bridgehead atoms. The van der Waals surface area contributed by atoms with Gasteiger partial charge in [-0.05, 0) is 52.7 Å². The molecule has 0 aliphatic carbocycles. The lowest BCUT2D eigenvalue weighted by molar-refractivity contribution is -0.0423. The van der Waals surface area contributed by atoms with Gasteiger partial charge in [0.25, 0.3) is 0 Å². The summed E-state index contributed by atoms with van der Waals surface area (Å²) < 4.78 is 11.5. The summed E-state index contributed by atoms with van der Waals surface area (Å²) in [6, 6.07) is 5.84. The molecule has 1 aliphatic rings. The summed E-state index contributed by atoms with van der Waals surface area (Å²) in [5.74, 6) is 0. The molecule has 1 aromatic heterocycles. The number of hydrogen-bond donors (Lipinski definition) is 0. The third-order valence-corrected chi connectivity index (χ3v) is 3.59. The molecule has 0 radical (unpaired) electrons. The maximum Gasteiger partial charge on any atom is 0.410 e. The zero-order valence-corrected chi connectivity index (χ0v) is 13.9. The van der Waals surface area contributed by atoms with Gasteiger partial charge >= 0.3 is 6.09 Å². The van der Waals surface area contributed by atoms with E-state index < -0.39 is 5.60 Å². The van der Waals surface area contributed by atoms with Gasteiger partial charge in [-0.1, -0.05) is 6.07 Å². The summed E-state index contributed by atoms with van der Waals surface area (Å²) in [4.78, 5) is 18.1. The Morgan fingerprint density at radius 3 is 2.55 bits per heavy atom. The van der Waals surface area contributed by atoms with E-state index >= 15 is 0 Å². The van der Waals surface area contributed by atoms with Crippen LogP contribution in [0.3, 0.4) is 0 Å². The molecule has 1 aromatic rings. The number of pyridine rings is 1. The van der Waals surface area contributed by atoms with Crippen LogP contribution >= 0.6 is 0 Å². The van der Waals surface area contributed by atoms with Crippen LogP contribution < -0.4 is 0 Å². The van der Waals surface area contributed by atoms with E-state index in [0.717, 1.165) is 18.5 Å². The molecular formula is C17H26N2O3. The van der Waals surface area contributed by atoms with Crippen LogP contribution in [0.1, 0.15) is 52.3 Å². The predicted molar refractivity (Wildman–Crippen MR) is 84.6 cm³/mol. The number of likely N-dealkylation sites (tertiary alicyclic amines) is 1. The van der Waals surface area contributed by atoms with Crippen LogP contribution in [-0.2, 0) is 9.47 Å². The molecule has 1 aliphatic heterocycles. The van der Waals surface area contributed by atoms with Gasteiger partial charge in [-0.2, -0.15) is 0 Å². The van der Waals surface area contributed by atoms with Gasteiger partial charge in [-0.15, -0.1) is 0 Å². The first kappa shape index (κ1) is 16.7. The van der Waals surface area contributed by atoms with Gasteiger partial charge in [0, 0.05) is 19.3 Å². The SMILES string of the molecule is C[C@H](OC1CCN(C(=O)OC(C)(C)C)CC1)c1ccccn1. The van der Waals surface area contributed by atoms with Gasteiger partial charge in [-0.3, -0.25) is 4.98 Å². The fraction of sp³-hybridized carbons (Fsp3) is 0.647. The molecule has 1 atom stereocenters. The van der Waals surface area contributed by atoms with E-state index in [1.165, 1.54) is 0 Å². The molecule has 5 heteroatoms. The highest BCUT2D eigenvalue weighted by Crippen LogP contribution is 2.23. The van der Waals surface area contributed by atoms with Crippen molar-refractivity contribution in [1.82, 2.24) is 9.88 Å². The van der Waals surface area contributed by atoms with E-state index in [2.05, 4.69) is 4.98 Å². The Hall–Kier alpha value is -1.62. The van der Waals surface area contributed by atoms with E-state index in [1.807, 2.05) is 45.9 Å². The van der Waals surface area contributed by atoms with Crippen molar-refractivity contribution in [3.63, 3.8) is 0 Å². The third kappa shape index (κ3) is 4.98. The Labute approximate surface area is 132 Å². The monoisotopic (exact) mass is 306 g/mol. The standard InChI is InChI=1S/C17H26N2O3/c1-13(15-7-5-6-10-18-15)21-14-8-11-19(12-9-14)16(20)22-17(2,3)4/h5-7,10,13-14H,8-9,11-12H2,1-4H3/t13-/m0/s1. The summed E-state index contributed by atoms with van der Waals surface area (Å²) in [5, 5.41) is 0. The Bertz CT molecular complexity index is 476. The number of carbonyl (C=O) groups excluding carboxylic acids is 1. The summed E-state index contributed by atoms with van der Waals surface area (Å²) in [6.45, 7) is 9.02. The molecule has 0 saturated carbocycles. The second kappa shape index (κ2) is 7.09. The third-order valence-electron chi connectivity index (χ3n) is 3.59. The topological polar surface area (TPSA) is 51.7 Å². The molecule has 1 saturated heterocycles. The molecule has 2 rings (SSSR count). The molecule has 0 spiro atoms. The Morgan fingerprint density at radius 2 is 2.00 bits per heavy atom. The molecule has 22 heavy (non-hydrogen) atoms. The fourth-order valence-electron chi connectivity index (χ4n) is 2.48. The van der Waals surface area contributed by atoms with Crippen LogP contribution in [-0.4, -0.2) is 40.8 Å². The molecule has 1 amide bonds. The van der Waals surface area contributed by atoms with Crippen molar-refractivity contribution >= 4 is 6.09 Å². The molecular weight excluding hydrogens is 280 g/mol. The van der Waals surface area contributed by atoms with Gasteiger partial charge in [0.05, 0.1) is 17.9 Å². The second-order valence-electron chi connectivity index (χ2n) is 6.70. The molecule has 2 heterocycles. The average Bonchev–Trinajstić information content (AvgIpc) is 2.47. The lowest BCUT2D eigenvalue weighted by Crippen LogP contribution is -2.43. The van der Waals surface area contributed by atoms with Gasteiger partial charge in [0.2, 0.25) is 0 Å². The first-order valence-corrected chi connectivity index (χ1v) is 7.89. The first-order chi connectivity index (χ1) is 10.3. The van der Waals surface area contributed by atoms with Crippen LogP contribution in [0.15, 0.2) is 24.4 Å². The van der Waals surface area contributed by atoms with E-state index in [1.54, 1.807) is 11.1 Å². The lowest BCUT2D eigenvalue weighted by Gasteiger charge is -2.34. The Balaban J connectivity index is 1.79.